The molecule has 31 heavy (non-hydrogen) atoms. The van der Waals surface area contributed by atoms with E-state index in [0.29, 0.717) is 11.8 Å². The number of nitrogens with one attached hydrogen (secondary N) is 1. The first-order valence-electron chi connectivity index (χ1n) is 12.1. The molecule has 3 unspecified atom stereocenters. The third kappa shape index (κ3) is 4.52. The fourth-order valence-electron chi connectivity index (χ4n) is 5.70. The Kier molecular flexibility index (Phi) is 6.15. The maximum atomic E-state index is 4.68. The summed E-state index contributed by atoms with van der Waals surface area (Å²) in [6.07, 6.45) is 12.6. The lowest BCUT2D eigenvalue weighted by Gasteiger charge is -2.31. The Morgan fingerprint density at radius 3 is 2.52 bits per heavy atom. The van der Waals surface area contributed by atoms with Crippen molar-refractivity contribution in [2.45, 2.75) is 66.2 Å². The molecular formula is C30H39N. The zero-order valence-corrected chi connectivity index (χ0v) is 19.9. The third-order valence-electron chi connectivity index (χ3n) is 7.60. The molecule has 1 aromatic carbocycles. The highest BCUT2D eigenvalue weighted by molar-refractivity contribution is 5.67. The first-order chi connectivity index (χ1) is 14.8. The largest absolute Gasteiger partial charge is 0.359 e. The molecule has 3 aliphatic rings. The van der Waals surface area contributed by atoms with Gasteiger partial charge in [0.1, 0.15) is 0 Å². The molecular weight excluding hydrogens is 374 g/mol. The van der Waals surface area contributed by atoms with Gasteiger partial charge in [0.15, 0.2) is 0 Å². The highest BCUT2D eigenvalue weighted by Crippen LogP contribution is 2.51. The van der Waals surface area contributed by atoms with Crippen molar-refractivity contribution in [3.8, 4) is 0 Å². The minimum Gasteiger partial charge on any atom is -0.359 e. The second-order valence-corrected chi connectivity index (χ2v) is 10.8. The molecule has 1 aromatic rings. The predicted molar refractivity (Wildman–Crippen MR) is 134 cm³/mol. The first kappa shape index (κ1) is 21.9. The quantitative estimate of drug-likeness (QED) is 0.495. The van der Waals surface area contributed by atoms with E-state index in [1.165, 1.54) is 60.1 Å². The molecule has 0 radical (unpaired) electrons. The van der Waals surface area contributed by atoms with E-state index in [0.717, 1.165) is 23.6 Å². The van der Waals surface area contributed by atoms with Gasteiger partial charge in [-0.2, -0.15) is 0 Å². The van der Waals surface area contributed by atoms with Crippen molar-refractivity contribution >= 4 is 5.70 Å². The van der Waals surface area contributed by atoms with E-state index in [1.807, 2.05) is 6.07 Å². The van der Waals surface area contributed by atoms with Gasteiger partial charge in [0, 0.05) is 23.7 Å². The van der Waals surface area contributed by atoms with Crippen LogP contribution in [0.5, 0.6) is 0 Å². The molecule has 0 aliphatic heterocycles. The molecule has 0 saturated heterocycles. The second-order valence-electron chi connectivity index (χ2n) is 10.8. The monoisotopic (exact) mass is 413 g/mol. The zero-order chi connectivity index (χ0) is 22.2. The Morgan fingerprint density at radius 1 is 1.10 bits per heavy atom. The third-order valence-corrected chi connectivity index (χ3v) is 7.60. The molecule has 0 bridgehead atoms. The molecule has 1 heteroatoms. The van der Waals surface area contributed by atoms with Crippen molar-refractivity contribution in [2.75, 3.05) is 0 Å². The smallest absolute Gasteiger partial charge is 0.0382 e. The van der Waals surface area contributed by atoms with E-state index >= 15 is 0 Å². The van der Waals surface area contributed by atoms with Gasteiger partial charge in [-0.3, -0.25) is 0 Å². The summed E-state index contributed by atoms with van der Waals surface area (Å²) in [4.78, 5) is 0. The van der Waals surface area contributed by atoms with Gasteiger partial charge >= 0.3 is 0 Å². The van der Waals surface area contributed by atoms with Crippen LogP contribution in [-0.2, 0) is 0 Å². The van der Waals surface area contributed by atoms with Crippen LogP contribution in [0.4, 0.5) is 0 Å². The van der Waals surface area contributed by atoms with Crippen LogP contribution in [0.1, 0.15) is 71.8 Å². The van der Waals surface area contributed by atoms with Crippen LogP contribution in [0.15, 0.2) is 83.6 Å². The van der Waals surface area contributed by atoms with Crippen molar-refractivity contribution in [1.29, 1.82) is 0 Å². The van der Waals surface area contributed by atoms with E-state index in [2.05, 4.69) is 82.6 Å². The number of hydrogen-bond acceptors (Lipinski definition) is 1. The Labute approximate surface area is 189 Å². The van der Waals surface area contributed by atoms with Crippen molar-refractivity contribution in [2.24, 2.45) is 23.2 Å². The molecule has 1 N–H and O–H groups in total. The first-order valence-corrected chi connectivity index (χ1v) is 12.1. The molecule has 0 spiro atoms. The summed E-state index contributed by atoms with van der Waals surface area (Å²) in [7, 11) is 0. The predicted octanol–water partition coefficient (Wildman–Crippen LogP) is 8.21. The van der Waals surface area contributed by atoms with Crippen LogP contribution in [0.2, 0.25) is 0 Å². The van der Waals surface area contributed by atoms with E-state index in [9.17, 15) is 0 Å². The van der Waals surface area contributed by atoms with Gasteiger partial charge in [-0.25, -0.2) is 0 Å². The summed E-state index contributed by atoms with van der Waals surface area (Å²) in [5.41, 5.74) is 9.44. The number of rotatable bonds is 6. The topological polar surface area (TPSA) is 12.0 Å². The van der Waals surface area contributed by atoms with Gasteiger partial charge in [-0.1, -0.05) is 96.5 Å². The summed E-state index contributed by atoms with van der Waals surface area (Å²) in [5, 5.41) is 3.62. The van der Waals surface area contributed by atoms with Crippen LogP contribution in [-0.4, -0.2) is 0 Å². The molecule has 164 valence electrons. The van der Waals surface area contributed by atoms with Gasteiger partial charge in [0.25, 0.3) is 0 Å². The summed E-state index contributed by atoms with van der Waals surface area (Å²) in [6.45, 7) is 18.4. The fourth-order valence-corrected chi connectivity index (χ4v) is 5.70. The standard InChI is InChI=1S/C30H39N/c1-7-22-12-11-15-24(16-22)20(2)26-19-29(30(4,5)6)28-18-25(17-27(26)28)31-21(3)23-13-9-8-10-14-23/h8-10,13-14,18-19,22,24,29,31H,2-3,7,11-12,15-17H2,1,4-6H3. The van der Waals surface area contributed by atoms with E-state index < -0.39 is 0 Å². The van der Waals surface area contributed by atoms with Gasteiger partial charge in [-0.05, 0) is 64.0 Å². The van der Waals surface area contributed by atoms with Gasteiger partial charge in [0.2, 0.25) is 0 Å². The van der Waals surface area contributed by atoms with Gasteiger partial charge in [-0.15, -0.1) is 0 Å². The average Bonchev–Trinajstić information content (AvgIpc) is 3.32. The van der Waals surface area contributed by atoms with E-state index in [1.54, 1.807) is 0 Å². The zero-order valence-electron chi connectivity index (χ0n) is 19.9. The van der Waals surface area contributed by atoms with Gasteiger partial charge in [0.05, 0.1) is 0 Å². The van der Waals surface area contributed by atoms with E-state index in [-0.39, 0.29) is 5.41 Å². The molecule has 1 saturated carbocycles. The van der Waals surface area contributed by atoms with Crippen molar-refractivity contribution in [3.63, 3.8) is 0 Å². The Bertz CT molecular complexity index is 948. The average molecular weight is 414 g/mol. The highest BCUT2D eigenvalue weighted by Gasteiger charge is 2.38. The molecule has 0 amide bonds. The molecule has 1 nitrogen and oxygen atoms in total. The molecule has 1 fully saturated rings. The van der Waals surface area contributed by atoms with E-state index in [4.69, 9.17) is 0 Å². The summed E-state index contributed by atoms with van der Waals surface area (Å²) >= 11 is 0. The van der Waals surface area contributed by atoms with Crippen LogP contribution in [0.3, 0.4) is 0 Å². The maximum absolute atomic E-state index is 4.68. The fraction of sp³-hybridized carbons (Fsp3) is 0.467. The van der Waals surface area contributed by atoms with Crippen LogP contribution >= 0.6 is 0 Å². The molecule has 3 atom stereocenters. The van der Waals surface area contributed by atoms with Crippen molar-refractivity contribution in [1.82, 2.24) is 5.32 Å². The Morgan fingerprint density at radius 2 is 1.84 bits per heavy atom. The molecule has 4 rings (SSSR count). The minimum atomic E-state index is 0.198. The van der Waals surface area contributed by atoms with Crippen molar-refractivity contribution in [3.05, 3.63) is 89.2 Å². The van der Waals surface area contributed by atoms with Crippen LogP contribution in [0.25, 0.3) is 5.70 Å². The van der Waals surface area contributed by atoms with Crippen LogP contribution in [0, 0.1) is 23.2 Å². The lowest BCUT2D eigenvalue weighted by atomic mass is 9.74. The lowest BCUT2D eigenvalue weighted by molar-refractivity contribution is 0.290. The maximum Gasteiger partial charge on any atom is 0.0382 e. The van der Waals surface area contributed by atoms with Crippen LogP contribution < -0.4 is 5.32 Å². The van der Waals surface area contributed by atoms with Gasteiger partial charge < -0.3 is 5.32 Å². The number of allylic oxidation sites excluding steroid dienone is 6. The Balaban J connectivity index is 1.55. The second kappa shape index (κ2) is 8.69. The summed E-state index contributed by atoms with van der Waals surface area (Å²) in [6, 6.07) is 10.4. The SMILES string of the molecule is C=C(NC1=CC2=C(C1)C(C(=C)C1CCCC(CC)C1)=CC2C(C)(C)C)c1ccccc1. The highest BCUT2D eigenvalue weighted by atomic mass is 14.9. The molecule has 0 aromatic heterocycles. The normalized spacial score (nSPS) is 25.7. The number of hydrogen-bond donors (Lipinski definition) is 1. The summed E-state index contributed by atoms with van der Waals surface area (Å²) in [5.74, 6) is 1.97. The number of benzene rings is 1. The lowest BCUT2D eigenvalue weighted by Crippen LogP contribution is -2.19. The molecule has 3 aliphatic carbocycles. The summed E-state index contributed by atoms with van der Waals surface area (Å²) < 4.78 is 0. The minimum absolute atomic E-state index is 0.198. The Hall–Kier alpha value is -2.28. The van der Waals surface area contributed by atoms with Crippen molar-refractivity contribution < 1.29 is 0 Å². The molecule has 0 heterocycles.